The highest BCUT2D eigenvalue weighted by Gasteiger charge is 2.24. The van der Waals surface area contributed by atoms with Gasteiger partial charge in [-0.3, -0.25) is 14.4 Å². The average Bonchev–Trinajstić information content (AvgIpc) is 3.07. The quantitative estimate of drug-likeness (QED) is 0.419. The summed E-state index contributed by atoms with van der Waals surface area (Å²) in [6.45, 7) is 4.56. The standard InChI is InChI=1S/C21H20F2N2O4S/c1-4-29-16(27)10-25-15(9-8-13-6-5-7-14(22)18(13)23)17(11(2)26)19(28)20-21(25)24-12(3)30-20/h5-7H,4,8-10H2,1-3H3. The summed E-state index contributed by atoms with van der Waals surface area (Å²) < 4.78 is 34.5. The van der Waals surface area contributed by atoms with Crippen molar-refractivity contribution in [2.75, 3.05) is 6.61 Å². The van der Waals surface area contributed by atoms with E-state index in [2.05, 4.69) is 4.98 Å². The topological polar surface area (TPSA) is 78.3 Å². The minimum atomic E-state index is -0.980. The number of carbonyl (C=O) groups excluding carboxylic acids is 2. The third-order valence-corrected chi connectivity index (χ3v) is 5.59. The normalized spacial score (nSPS) is 11.1. The van der Waals surface area contributed by atoms with Gasteiger partial charge in [0, 0.05) is 5.69 Å². The molecule has 3 rings (SSSR count). The Balaban J connectivity index is 2.19. The molecule has 30 heavy (non-hydrogen) atoms. The molecule has 0 bridgehead atoms. The van der Waals surface area contributed by atoms with Crippen LogP contribution in [0.15, 0.2) is 23.0 Å². The molecule has 0 saturated heterocycles. The Bertz CT molecular complexity index is 1200. The summed E-state index contributed by atoms with van der Waals surface area (Å²) in [6, 6.07) is 3.84. The van der Waals surface area contributed by atoms with E-state index in [-0.39, 0.29) is 53.2 Å². The molecule has 158 valence electrons. The van der Waals surface area contributed by atoms with Gasteiger partial charge in [-0.1, -0.05) is 12.1 Å². The molecule has 2 heterocycles. The zero-order chi connectivity index (χ0) is 22.0. The minimum absolute atomic E-state index is 0.0285. The van der Waals surface area contributed by atoms with Gasteiger partial charge in [0.15, 0.2) is 23.1 Å². The van der Waals surface area contributed by atoms with E-state index in [0.717, 1.165) is 17.4 Å². The highest BCUT2D eigenvalue weighted by molar-refractivity contribution is 7.18. The zero-order valence-corrected chi connectivity index (χ0v) is 17.6. The molecule has 0 aliphatic heterocycles. The number of pyridine rings is 1. The Hall–Kier alpha value is -2.94. The number of aryl methyl sites for hydroxylation is 2. The lowest BCUT2D eigenvalue weighted by Crippen LogP contribution is -2.26. The maximum Gasteiger partial charge on any atom is 0.326 e. The van der Waals surface area contributed by atoms with Gasteiger partial charge in [0.05, 0.1) is 17.2 Å². The molecular weight excluding hydrogens is 414 g/mol. The predicted octanol–water partition coefficient (Wildman–Crippen LogP) is 3.60. The SMILES string of the molecule is CCOC(=O)Cn1c(CCc2cccc(F)c2F)c(C(C)=O)c(=O)c2sc(C)nc21. The van der Waals surface area contributed by atoms with E-state index in [1.165, 1.54) is 23.6 Å². The van der Waals surface area contributed by atoms with Crippen LogP contribution in [0.1, 0.15) is 40.5 Å². The van der Waals surface area contributed by atoms with Gasteiger partial charge in [-0.2, -0.15) is 0 Å². The number of esters is 1. The van der Waals surface area contributed by atoms with Crippen LogP contribution in [0.4, 0.5) is 8.78 Å². The zero-order valence-electron chi connectivity index (χ0n) is 16.8. The largest absolute Gasteiger partial charge is 0.465 e. The predicted molar refractivity (Wildman–Crippen MR) is 109 cm³/mol. The molecule has 0 aliphatic carbocycles. The summed E-state index contributed by atoms with van der Waals surface area (Å²) in [5.74, 6) is -2.98. The molecule has 0 radical (unpaired) electrons. The third kappa shape index (κ3) is 4.16. The lowest BCUT2D eigenvalue weighted by Gasteiger charge is -2.17. The van der Waals surface area contributed by atoms with Crippen molar-refractivity contribution in [2.24, 2.45) is 0 Å². The molecule has 0 spiro atoms. The maximum absolute atomic E-state index is 14.1. The monoisotopic (exact) mass is 434 g/mol. The third-order valence-electron chi connectivity index (χ3n) is 4.63. The van der Waals surface area contributed by atoms with Crippen molar-refractivity contribution in [3.8, 4) is 0 Å². The van der Waals surface area contributed by atoms with Crippen LogP contribution in [0, 0.1) is 18.6 Å². The molecule has 0 fully saturated rings. The molecule has 0 unspecified atom stereocenters. The van der Waals surface area contributed by atoms with E-state index in [1.807, 2.05) is 0 Å². The van der Waals surface area contributed by atoms with Gasteiger partial charge in [0.25, 0.3) is 0 Å². The second-order valence-corrected chi connectivity index (χ2v) is 7.90. The van der Waals surface area contributed by atoms with Crippen LogP contribution in [0.5, 0.6) is 0 Å². The molecular formula is C21H20F2N2O4S. The van der Waals surface area contributed by atoms with Crippen LogP contribution in [0.3, 0.4) is 0 Å². The van der Waals surface area contributed by atoms with Gasteiger partial charge in [-0.05, 0) is 45.2 Å². The fourth-order valence-corrected chi connectivity index (χ4v) is 4.25. The number of hydrogen-bond donors (Lipinski definition) is 0. The number of ketones is 1. The minimum Gasteiger partial charge on any atom is -0.465 e. The molecule has 0 atom stereocenters. The highest BCUT2D eigenvalue weighted by atomic mass is 32.1. The lowest BCUT2D eigenvalue weighted by molar-refractivity contribution is -0.143. The van der Waals surface area contributed by atoms with Crippen molar-refractivity contribution >= 4 is 33.4 Å². The molecule has 0 N–H and O–H groups in total. The number of halogens is 2. The fourth-order valence-electron chi connectivity index (χ4n) is 3.38. The first-order chi connectivity index (χ1) is 14.2. The van der Waals surface area contributed by atoms with Gasteiger partial charge >= 0.3 is 5.97 Å². The summed E-state index contributed by atoms with van der Waals surface area (Å²) in [6.07, 6.45) is 0.0667. The van der Waals surface area contributed by atoms with E-state index in [1.54, 1.807) is 13.8 Å². The number of aromatic nitrogens is 2. The van der Waals surface area contributed by atoms with Gasteiger partial charge in [-0.25, -0.2) is 13.8 Å². The number of rotatable bonds is 7. The first-order valence-corrected chi connectivity index (χ1v) is 10.2. The van der Waals surface area contributed by atoms with E-state index in [9.17, 15) is 23.2 Å². The van der Waals surface area contributed by atoms with Gasteiger partial charge in [0.2, 0.25) is 5.43 Å². The summed E-state index contributed by atoms with van der Waals surface area (Å²) in [5, 5.41) is 0.600. The number of hydrogen-bond acceptors (Lipinski definition) is 6. The number of fused-ring (bicyclic) bond motifs is 1. The summed E-state index contributed by atoms with van der Waals surface area (Å²) in [5.41, 5.74) is 0.0802. The van der Waals surface area contributed by atoms with E-state index in [4.69, 9.17) is 4.74 Å². The Kier molecular flexibility index (Phi) is 6.40. The van der Waals surface area contributed by atoms with Crippen molar-refractivity contribution in [3.63, 3.8) is 0 Å². The Morgan fingerprint density at radius 1 is 1.23 bits per heavy atom. The molecule has 3 aromatic rings. The van der Waals surface area contributed by atoms with E-state index < -0.39 is 28.8 Å². The summed E-state index contributed by atoms with van der Waals surface area (Å²) in [4.78, 5) is 41.9. The number of nitrogens with zero attached hydrogens (tertiary/aromatic N) is 2. The lowest BCUT2D eigenvalue weighted by atomic mass is 10.0. The average molecular weight is 434 g/mol. The maximum atomic E-state index is 14.1. The van der Waals surface area contributed by atoms with Crippen LogP contribution >= 0.6 is 11.3 Å². The Morgan fingerprint density at radius 2 is 1.97 bits per heavy atom. The fraction of sp³-hybridized carbons (Fsp3) is 0.333. The first kappa shape index (κ1) is 21.8. The Morgan fingerprint density at radius 3 is 2.63 bits per heavy atom. The summed E-state index contributed by atoms with van der Waals surface area (Å²) in [7, 11) is 0. The van der Waals surface area contributed by atoms with Gasteiger partial charge in [-0.15, -0.1) is 11.3 Å². The number of thiazole rings is 1. The second-order valence-electron chi connectivity index (χ2n) is 6.70. The first-order valence-electron chi connectivity index (χ1n) is 9.36. The molecule has 6 nitrogen and oxygen atoms in total. The van der Waals surface area contributed by atoms with Crippen LogP contribution in [0.25, 0.3) is 10.3 Å². The van der Waals surface area contributed by atoms with Gasteiger partial charge in [0.1, 0.15) is 11.2 Å². The second kappa shape index (κ2) is 8.83. The van der Waals surface area contributed by atoms with E-state index >= 15 is 0 Å². The molecule has 1 aromatic carbocycles. The van der Waals surface area contributed by atoms with Crippen LogP contribution in [0.2, 0.25) is 0 Å². The van der Waals surface area contributed by atoms with Gasteiger partial charge < -0.3 is 9.30 Å². The molecule has 9 heteroatoms. The van der Waals surface area contributed by atoms with Crippen molar-refractivity contribution in [3.05, 3.63) is 61.9 Å². The smallest absolute Gasteiger partial charge is 0.326 e. The number of ether oxygens (including phenoxy) is 1. The van der Waals surface area contributed by atoms with Crippen molar-refractivity contribution in [2.45, 2.75) is 40.2 Å². The summed E-state index contributed by atoms with van der Waals surface area (Å²) >= 11 is 1.13. The van der Waals surface area contributed by atoms with Crippen LogP contribution in [-0.4, -0.2) is 27.9 Å². The van der Waals surface area contributed by atoms with Crippen molar-refractivity contribution in [1.82, 2.24) is 9.55 Å². The molecule has 0 aliphatic rings. The van der Waals surface area contributed by atoms with Crippen LogP contribution in [-0.2, 0) is 28.9 Å². The molecule has 2 aromatic heterocycles. The van der Waals surface area contributed by atoms with Crippen LogP contribution < -0.4 is 5.43 Å². The molecule has 0 saturated carbocycles. The van der Waals surface area contributed by atoms with E-state index in [0.29, 0.717) is 5.01 Å². The number of Topliss-reactive ketones (excluding diaryl/α,β-unsaturated/α-hetero) is 1. The van der Waals surface area contributed by atoms with Crippen molar-refractivity contribution in [1.29, 1.82) is 0 Å². The highest BCUT2D eigenvalue weighted by Crippen LogP contribution is 2.24. The van der Waals surface area contributed by atoms with Crippen molar-refractivity contribution < 1.29 is 23.1 Å². The number of benzene rings is 1. The number of carbonyl (C=O) groups is 2. The molecule has 0 amide bonds. The Labute approximate surface area is 175 Å².